The third-order valence-electron chi connectivity index (χ3n) is 3.60. The van der Waals surface area contributed by atoms with Gasteiger partial charge in [0.1, 0.15) is 0 Å². The lowest BCUT2D eigenvalue weighted by Gasteiger charge is -2.23. The number of hydrogen-bond acceptors (Lipinski definition) is 4. The van der Waals surface area contributed by atoms with Gasteiger partial charge in [0.15, 0.2) is 5.03 Å². The average molecular weight is 297 g/mol. The van der Waals surface area contributed by atoms with Gasteiger partial charge < -0.3 is 5.32 Å². The Morgan fingerprint density at radius 1 is 1.15 bits per heavy atom. The highest BCUT2D eigenvalue weighted by atomic mass is 32.2. The Hall–Kier alpha value is -0.980. The zero-order valence-corrected chi connectivity index (χ0v) is 12.8. The van der Waals surface area contributed by atoms with Crippen LogP contribution in [0.15, 0.2) is 23.4 Å². The number of nitrogens with zero attached hydrogens (tertiary/aromatic N) is 2. The van der Waals surface area contributed by atoms with Crippen LogP contribution in [0.4, 0.5) is 0 Å². The van der Waals surface area contributed by atoms with Gasteiger partial charge in [-0.25, -0.2) is 13.4 Å². The smallest absolute Gasteiger partial charge is 0.260 e. The quantitative estimate of drug-likeness (QED) is 0.920. The summed E-state index contributed by atoms with van der Waals surface area (Å²) in [4.78, 5) is 4.13. The Morgan fingerprint density at radius 2 is 1.80 bits per heavy atom. The summed E-state index contributed by atoms with van der Waals surface area (Å²) in [6.07, 6.45) is 6.95. The third-order valence-corrected chi connectivity index (χ3v) is 5.41. The maximum absolute atomic E-state index is 12.6. The van der Waals surface area contributed by atoms with Gasteiger partial charge in [0.05, 0.1) is 0 Å². The van der Waals surface area contributed by atoms with E-state index in [1.54, 1.807) is 16.6 Å². The van der Waals surface area contributed by atoms with E-state index in [9.17, 15) is 8.42 Å². The van der Waals surface area contributed by atoms with Crippen molar-refractivity contribution in [1.82, 2.24) is 14.6 Å². The first-order valence-corrected chi connectivity index (χ1v) is 8.68. The molecule has 0 atom stereocenters. The largest absolute Gasteiger partial charge is 0.316 e. The molecular weight excluding hydrogens is 274 g/mol. The van der Waals surface area contributed by atoms with Crippen molar-refractivity contribution in [2.24, 2.45) is 0 Å². The molecule has 1 aromatic rings. The van der Waals surface area contributed by atoms with Crippen LogP contribution in [0.1, 0.15) is 37.7 Å². The maximum atomic E-state index is 12.6. The minimum atomic E-state index is -3.43. The number of nitrogens with one attached hydrogen (secondary N) is 1. The minimum Gasteiger partial charge on any atom is -0.316 e. The van der Waals surface area contributed by atoms with Gasteiger partial charge in [-0.1, -0.05) is 25.3 Å². The van der Waals surface area contributed by atoms with Crippen molar-refractivity contribution in [1.29, 1.82) is 0 Å². The van der Waals surface area contributed by atoms with Gasteiger partial charge in [0.25, 0.3) is 10.0 Å². The monoisotopic (exact) mass is 297 g/mol. The van der Waals surface area contributed by atoms with E-state index in [1.165, 1.54) is 6.42 Å². The Bertz CT molecular complexity index is 506. The van der Waals surface area contributed by atoms with Gasteiger partial charge in [-0.05, 0) is 31.5 Å². The molecule has 1 N–H and O–H groups in total. The van der Waals surface area contributed by atoms with Crippen LogP contribution in [-0.2, 0) is 16.6 Å². The summed E-state index contributed by atoms with van der Waals surface area (Å²) in [6.45, 7) is 1.92. The van der Waals surface area contributed by atoms with Crippen LogP contribution >= 0.6 is 0 Å². The second-order valence-corrected chi connectivity index (χ2v) is 7.09. The zero-order valence-electron chi connectivity index (χ0n) is 12.0. The van der Waals surface area contributed by atoms with Crippen molar-refractivity contribution >= 4 is 10.0 Å². The maximum Gasteiger partial charge on any atom is 0.260 e. The lowest BCUT2D eigenvalue weighted by atomic mass is 10.1. The first-order chi connectivity index (χ1) is 9.64. The molecule has 0 aliphatic carbocycles. The van der Waals surface area contributed by atoms with Crippen molar-refractivity contribution in [3.8, 4) is 0 Å². The molecule has 0 radical (unpaired) electrons. The fraction of sp³-hybridized carbons (Fsp3) is 0.643. The molecule has 0 amide bonds. The topological polar surface area (TPSA) is 62.3 Å². The lowest BCUT2D eigenvalue weighted by molar-refractivity contribution is 0.363. The van der Waals surface area contributed by atoms with Crippen molar-refractivity contribution in [3.05, 3.63) is 23.9 Å². The molecule has 1 aliphatic rings. The van der Waals surface area contributed by atoms with E-state index in [1.807, 2.05) is 13.1 Å². The second-order valence-electron chi connectivity index (χ2n) is 5.21. The molecule has 112 valence electrons. The highest BCUT2D eigenvalue weighted by Crippen LogP contribution is 2.18. The van der Waals surface area contributed by atoms with Gasteiger partial charge in [-0.15, -0.1) is 0 Å². The molecule has 0 unspecified atom stereocenters. The number of sulfonamides is 1. The average Bonchev–Trinajstić information content (AvgIpc) is 2.39. The van der Waals surface area contributed by atoms with Crippen molar-refractivity contribution < 1.29 is 8.42 Å². The van der Waals surface area contributed by atoms with E-state index in [0.717, 1.165) is 31.2 Å². The Kier molecular flexibility index (Phi) is 5.51. The van der Waals surface area contributed by atoms with Crippen LogP contribution in [0, 0.1) is 0 Å². The van der Waals surface area contributed by atoms with Gasteiger partial charge in [0, 0.05) is 25.8 Å². The highest BCUT2D eigenvalue weighted by molar-refractivity contribution is 7.89. The molecule has 0 bridgehead atoms. The molecule has 1 fully saturated rings. The van der Waals surface area contributed by atoms with Crippen LogP contribution in [0.2, 0.25) is 0 Å². The highest BCUT2D eigenvalue weighted by Gasteiger charge is 2.25. The summed E-state index contributed by atoms with van der Waals surface area (Å²) >= 11 is 0. The molecule has 0 spiro atoms. The van der Waals surface area contributed by atoms with E-state index >= 15 is 0 Å². The fourth-order valence-corrected chi connectivity index (χ4v) is 3.89. The molecule has 5 nitrogen and oxygen atoms in total. The Balaban J connectivity index is 2.15. The Morgan fingerprint density at radius 3 is 2.35 bits per heavy atom. The van der Waals surface area contributed by atoms with Crippen molar-refractivity contribution in [2.45, 2.75) is 43.7 Å². The van der Waals surface area contributed by atoms with Crippen LogP contribution < -0.4 is 5.32 Å². The van der Waals surface area contributed by atoms with E-state index in [-0.39, 0.29) is 5.03 Å². The van der Waals surface area contributed by atoms with Crippen LogP contribution in [-0.4, -0.2) is 37.8 Å². The molecule has 6 heteroatoms. The van der Waals surface area contributed by atoms with E-state index < -0.39 is 10.0 Å². The Labute approximate surface area is 121 Å². The molecule has 0 saturated carbocycles. The predicted octanol–water partition coefficient (Wildman–Crippen LogP) is 1.76. The van der Waals surface area contributed by atoms with Gasteiger partial charge in [-0.2, -0.15) is 4.31 Å². The van der Waals surface area contributed by atoms with Gasteiger partial charge in [0.2, 0.25) is 0 Å². The number of aromatic nitrogens is 1. The fourth-order valence-electron chi connectivity index (χ4n) is 2.46. The summed E-state index contributed by atoms with van der Waals surface area (Å²) in [7, 11) is -1.58. The van der Waals surface area contributed by atoms with Crippen LogP contribution in [0.3, 0.4) is 0 Å². The molecular formula is C14H23N3O2S. The van der Waals surface area contributed by atoms with Gasteiger partial charge in [-0.3, -0.25) is 0 Å². The summed E-state index contributed by atoms with van der Waals surface area (Å²) in [5.74, 6) is 0. The van der Waals surface area contributed by atoms with E-state index in [2.05, 4.69) is 10.3 Å². The molecule has 1 aromatic heterocycles. The van der Waals surface area contributed by atoms with Crippen molar-refractivity contribution in [2.75, 3.05) is 20.1 Å². The van der Waals surface area contributed by atoms with Crippen molar-refractivity contribution in [3.63, 3.8) is 0 Å². The van der Waals surface area contributed by atoms with E-state index in [0.29, 0.717) is 19.6 Å². The van der Waals surface area contributed by atoms with Crippen LogP contribution in [0.5, 0.6) is 0 Å². The van der Waals surface area contributed by atoms with E-state index in [4.69, 9.17) is 0 Å². The predicted molar refractivity (Wildman–Crippen MR) is 78.8 cm³/mol. The van der Waals surface area contributed by atoms with Gasteiger partial charge >= 0.3 is 0 Å². The number of pyridine rings is 1. The normalized spacial score (nSPS) is 18.4. The molecule has 0 aromatic carbocycles. The summed E-state index contributed by atoms with van der Waals surface area (Å²) in [6, 6.07) is 3.43. The molecule has 20 heavy (non-hydrogen) atoms. The minimum absolute atomic E-state index is 0.165. The molecule has 1 aliphatic heterocycles. The summed E-state index contributed by atoms with van der Waals surface area (Å²) in [5, 5.41) is 3.19. The molecule has 1 saturated heterocycles. The number of rotatable bonds is 4. The zero-order chi connectivity index (χ0) is 14.4. The summed E-state index contributed by atoms with van der Waals surface area (Å²) in [5.41, 5.74) is 0.985. The first kappa shape index (κ1) is 15.4. The summed E-state index contributed by atoms with van der Waals surface area (Å²) < 4.78 is 26.7. The standard InChI is InChI=1S/C14H23N3O2S/c1-15-11-13-7-8-14(16-12-13)20(18,19)17-9-5-3-2-4-6-10-17/h7-8,12,15H,2-6,9-11H2,1H3. The molecule has 2 rings (SSSR count). The second kappa shape index (κ2) is 7.15. The number of hydrogen-bond donors (Lipinski definition) is 1. The SMILES string of the molecule is CNCc1ccc(S(=O)(=O)N2CCCCCCC2)nc1. The first-order valence-electron chi connectivity index (χ1n) is 7.24. The third kappa shape index (κ3) is 3.77. The lowest BCUT2D eigenvalue weighted by Crippen LogP contribution is -2.34. The molecule has 2 heterocycles. The van der Waals surface area contributed by atoms with Crippen LogP contribution in [0.25, 0.3) is 0 Å².